The summed E-state index contributed by atoms with van der Waals surface area (Å²) >= 11 is 0. The Hall–Kier alpha value is -2.77. The van der Waals surface area contributed by atoms with Crippen LogP contribution in [0.1, 0.15) is 32.3 Å². The number of pyridine rings is 1. The second kappa shape index (κ2) is 9.61. The topological polar surface area (TPSA) is 77.6 Å². The number of benzene rings is 1. The van der Waals surface area contributed by atoms with Gasteiger partial charge in [-0.3, -0.25) is 20.0 Å². The fourth-order valence-corrected chi connectivity index (χ4v) is 5.13. The fraction of sp³-hybridized carbons (Fsp3) is 0.500. The number of nitrogens with zero attached hydrogens (tertiary/aromatic N) is 3. The van der Waals surface area contributed by atoms with Gasteiger partial charge in [0, 0.05) is 45.6 Å². The average molecular weight is 450 g/mol. The fourth-order valence-electron chi connectivity index (χ4n) is 5.13. The van der Waals surface area contributed by atoms with E-state index in [0.29, 0.717) is 31.8 Å². The number of amides is 2. The zero-order valence-electron chi connectivity index (χ0n) is 20.0. The van der Waals surface area contributed by atoms with E-state index in [4.69, 9.17) is 0 Å². The molecule has 7 nitrogen and oxygen atoms in total. The molecule has 2 saturated heterocycles. The summed E-state index contributed by atoms with van der Waals surface area (Å²) in [4.78, 5) is 34.4. The molecule has 3 atom stereocenters. The van der Waals surface area contributed by atoms with Crippen molar-refractivity contribution in [3.8, 4) is 11.1 Å². The summed E-state index contributed by atoms with van der Waals surface area (Å²) in [6.07, 6.45) is 5.63. The third kappa shape index (κ3) is 4.94. The maximum absolute atomic E-state index is 13.4. The van der Waals surface area contributed by atoms with Gasteiger partial charge in [-0.25, -0.2) is 5.43 Å². The first-order valence-corrected chi connectivity index (χ1v) is 11.8. The van der Waals surface area contributed by atoms with E-state index in [2.05, 4.69) is 47.9 Å². The first-order chi connectivity index (χ1) is 15.8. The van der Waals surface area contributed by atoms with Gasteiger partial charge >= 0.3 is 0 Å². The third-order valence-corrected chi connectivity index (χ3v) is 7.04. The minimum Gasteiger partial charge on any atom is -0.348 e. The van der Waals surface area contributed by atoms with Crippen LogP contribution in [0, 0.1) is 11.3 Å². The molecule has 2 amide bonds. The van der Waals surface area contributed by atoms with Crippen molar-refractivity contribution in [2.75, 3.05) is 27.2 Å². The van der Waals surface area contributed by atoms with Crippen molar-refractivity contribution in [2.45, 2.75) is 45.2 Å². The Labute approximate surface area is 196 Å². The Morgan fingerprint density at radius 2 is 1.91 bits per heavy atom. The minimum absolute atomic E-state index is 0.0876. The molecule has 2 fully saturated rings. The Morgan fingerprint density at radius 3 is 2.58 bits per heavy atom. The largest absolute Gasteiger partial charge is 0.348 e. The van der Waals surface area contributed by atoms with Crippen molar-refractivity contribution in [1.29, 1.82) is 0 Å². The van der Waals surface area contributed by atoms with Gasteiger partial charge in [-0.1, -0.05) is 38.1 Å². The summed E-state index contributed by atoms with van der Waals surface area (Å²) in [5.74, 6) is 0.630. The highest BCUT2D eigenvalue weighted by atomic mass is 16.2. The van der Waals surface area contributed by atoms with E-state index in [9.17, 15) is 9.59 Å². The normalized spacial score (nSPS) is 24.9. The van der Waals surface area contributed by atoms with Gasteiger partial charge in [0.25, 0.3) is 0 Å². The summed E-state index contributed by atoms with van der Waals surface area (Å²) in [5, 5.41) is 0. The molecule has 0 spiro atoms. The number of likely N-dealkylation sites (tertiary alicyclic amines) is 1. The lowest BCUT2D eigenvalue weighted by molar-refractivity contribution is -0.140. The molecule has 3 unspecified atom stereocenters. The predicted molar refractivity (Wildman–Crippen MR) is 129 cm³/mol. The highest BCUT2D eigenvalue weighted by Crippen LogP contribution is 2.37. The van der Waals surface area contributed by atoms with Crippen molar-refractivity contribution in [2.24, 2.45) is 11.3 Å². The molecule has 0 aliphatic carbocycles. The number of rotatable bonds is 6. The zero-order valence-corrected chi connectivity index (χ0v) is 20.0. The summed E-state index contributed by atoms with van der Waals surface area (Å²) in [7, 11) is 3.61. The lowest BCUT2D eigenvalue weighted by Crippen LogP contribution is -2.48. The molecule has 33 heavy (non-hydrogen) atoms. The van der Waals surface area contributed by atoms with Gasteiger partial charge < -0.3 is 9.80 Å². The van der Waals surface area contributed by atoms with Gasteiger partial charge in [0.15, 0.2) is 0 Å². The first-order valence-electron chi connectivity index (χ1n) is 11.8. The molecule has 1 aromatic heterocycles. The number of hydrazine groups is 1. The van der Waals surface area contributed by atoms with Crippen molar-refractivity contribution in [3.05, 3.63) is 54.4 Å². The second-order valence-electron chi connectivity index (χ2n) is 10.0. The van der Waals surface area contributed by atoms with Gasteiger partial charge in [0.2, 0.25) is 11.8 Å². The van der Waals surface area contributed by atoms with E-state index in [1.165, 1.54) is 0 Å². The van der Waals surface area contributed by atoms with Crippen LogP contribution in [-0.4, -0.2) is 65.9 Å². The molecule has 4 rings (SSSR count). The zero-order chi connectivity index (χ0) is 23.6. The van der Waals surface area contributed by atoms with Crippen LogP contribution in [-0.2, 0) is 16.0 Å². The second-order valence-corrected chi connectivity index (χ2v) is 10.0. The average Bonchev–Trinajstić information content (AvgIpc) is 3.48. The maximum Gasteiger partial charge on any atom is 0.241 e. The molecular formula is C26H35N5O2. The van der Waals surface area contributed by atoms with E-state index in [1.807, 2.05) is 23.1 Å². The highest BCUT2D eigenvalue weighted by Gasteiger charge is 2.48. The molecule has 2 aromatic rings. The summed E-state index contributed by atoms with van der Waals surface area (Å²) in [6.45, 7) is 5.37. The van der Waals surface area contributed by atoms with Crippen LogP contribution >= 0.6 is 0 Å². The summed E-state index contributed by atoms with van der Waals surface area (Å²) < 4.78 is 0. The van der Waals surface area contributed by atoms with Crippen molar-refractivity contribution >= 4 is 11.8 Å². The number of hydrogen-bond acceptors (Lipinski definition) is 5. The Balaban J connectivity index is 1.54. The maximum atomic E-state index is 13.4. The van der Waals surface area contributed by atoms with Gasteiger partial charge in [-0.2, -0.15) is 0 Å². The molecule has 0 bridgehead atoms. The monoisotopic (exact) mass is 449 g/mol. The Kier molecular flexibility index (Phi) is 6.81. The van der Waals surface area contributed by atoms with Crippen LogP contribution in [0.3, 0.4) is 0 Å². The number of carbonyl (C=O) groups is 2. The highest BCUT2D eigenvalue weighted by molar-refractivity contribution is 5.87. The molecule has 2 N–H and O–H groups in total. The van der Waals surface area contributed by atoms with E-state index in [-0.39, 0.29) is 23.9 Å². The predicted octanol–water partition coefficient (Wildman–Crippen LogP) is 2.49. The first kappa shape index (κ1) is 23.4. The van der Waals surface area contributed by atoms with Crippen molar-refractivity contribution in [1.82, 2.24) is 25.6 Å². The molecule has 0 radical (unpaired) electrons. The van der Waals surface area contributed by atoms with Crippen LogP contribution in [0.4, 0.5) is 0 Å². The van der Waals surface area contributed by atoms with Crippen LogP contribution in [0.15, 0.2) is 48.8 Å². The van der Waals surface area contributed by atoms with E-state index < -0.39 is 5.41 Å². The number of hydrogen-bond donors (Lipinski definition) is 2. The SMILES string of the molecule is CC(C)C1CC(C(=O)N2CCC(Cc3cccc(-c4ccncc4)c3)(C(=O)N(C)C)C2)NN1. The summed E-state index contributed by atoms with van der Waals surface area (Å²) in [5.41, 5.74) is 9.13. The van der Waals surface area contributed by atoms with Gasteiger partial charge in [0.1, 0.15) is 6.04 Å². The standard InChI is InChI=1S/C26H35N5O2/c1-18(2)22-15-23(29-28-22)24(32)31-13-10-26(17-31,25(33)30(3)4)16-19-6-5-7-21(14-19)20-8-11-27-12-9-20/h5-9,11-12,14,18,22-23,28-29H,10,13,15-17H2,1-4H3. The van der Waals surface area contributed by atoms with Crippen LogP contribution < -0.4 is 10.9 Å². The van der Waals surface area contributed by atoms with Crippen molar-refractivity contribution in [3.63, 3.8) is 0 Å². The molecular weight excluding hydrogens is 414 g/mol. The van der Waals surface area contributed by atoms with Crippen molar-refractivity contribution < 1.29 is 9.59 Å². The van der Waals surface area contributed by atoms with Crippen LogP contribution in [0.5, 0.6) is 0 Å². The number of nitrogens with one attached hydrogen (secondary N) is 2. The molecule has 2 aliphatic rings. The van der Waals surface area contributed by atoms with Crippen LogP contribution in [0.2, 0.25) is 0 Å². The summed E-state index contributed by atoms with van der Waals surface area (Å²) in [6, 6.07) is 12.4. The van der Waals surface area contributed by atoms with Crippen LogP contribution in [0.25, 0.3) is 11.1 Å². The van der Waals surface area contributed by atoms with E-state index in [0.717, 1.165) is 23.1 Å². The number of aromatic nitrogens is 1. The van der Waals surface area contributed by atoms with Gasteiger partial charge in [0.05, 0.1) is 5.41 Å². The van der Waals surface area contributed by atoms with Gasteiger partial charge in [-0.15, -0.1) is 0 Å². The van der Waals surface area contributed by atoms with Gasteiger partial charge in [-0.05, 0) is 54.0 Å². The minimum atomic E-state index is -0.612. The molecule has 2 aliphatic heterocycles. The lowest BCUT2D eigenvalue weighted by atomic mass is 9.79. The molecule has 176 valence electrons. The quantitative estimate of drug-likeness (QED) is 0.709. The smallest absolute Gasteiger partial charge is 0.241 e. The third-order valence-electron chi connectivity index (χ3n) is 7.04. The van der Waals surface area contributed by atoms with E-state index in [1.54, 1.807) is 31.4 Å². The molecule has 3 heterocycles. The Bertz CT molecular complexity index is 993. The molecule has 7 heteroatoms. The molecule has 0 saturated carbocycles. The molecule has 1 aromatic carbocycles. The lowest BCUT2D eigenvalue weighted by Gasteiger charge is -2.31. The Morgan fingerprint density at radius 1 is 1.15 bits per heavy atom. The number of carbonyl (C=O) groups excluding carboxylic acids is 2. The van der Waals surface area contributed by atoms with E-state index >= 15 is 0 Å².